The summed E-state index contributed by atoms with van der Waals surface area (Å²) in [6, 6.07) is 0.216. The standard InChI is InChI=1S/C24H38N4O3S/c1-16(2)15-31-23(29)18-3-5-19(6-4-18)26-24(30)28-13-9-17(10-14-28)22-27-20-7-11-25-12-8-21(20)32-22/h16-19,25H,3-15H2,1-2H3,(H,26,30). The van der Waals surface area contributed by atoms with Crippen LogP contribution in [0, 0.1) is 11.8 Å². The number of carbonyl (C=O) groups is 2. The van der Waals surface area contributed by atoms with E-state index in [-0.39, 0.29) is 24.0 Å². The minimum Gasteiger partial charge on any atom is -0.465 e. The molecule has 0 spiro atoms. The largest absolute Gasteiger partial charge is 0.465 e. The van der Waals surface area contributed by atoms with Crippen LogP contribution in [-0.2, 0) is 22.4 Å². The molecule has 8 heteroatoms. The zero-order valence-electron chi connectivity index (χ0n) is 19.5. The molecule has 0 atom stereocenters. The number of ether oxygens (including phenoxy) is 1. The number of fused-ring (bicyclic) bond motifs is 1. The first-order chi connectivity index (χ1) is 15.5. The lowest BCUT2D eigenvalue weighted by molar-refractivity contribution is -0.150. The molecule has 178 valence electrons. The second-order valence-electron chi connectivity index (χ2n) is 9.96. The smallest absolute Gasteiger partial charge is 0.317 e. The molecule has 3 heterocycles. The molecule has 0 aromatic carbocycles. The van der Waals surface area contributed by atoms with Gasteiger partial charge in [0.15, 0.2) is 0 Å². The molecule has 2 N–H and O–H groups in total. The summed E-state index contributed by atoms with van der Waals surface area (Å²) in [5.74, 6) is 0.765. The van der Waals surface area contributed by atoms with Crippen LogP contribution in [0.5, 0.6) is 0 Å². The number of aromatic nitrogens is 1. The molecule has 2 amide bonds. The first kappa shape index (κ1) is 23.5. The number of nitrogens with one attached hydrogen (secondary N) is 2. The zero-order chi connectivity index (χ0) is 22.5. The second-order valence-corrected chi connectivity index (χ2v) is 11.1. The molecule has 7 nitrogen and oxygen atoms in total. The Labute approximate surface area is 195 Å². The van der Waals surface area contributed by atoms with Crippen LogP contribution >= 0.6 is 11.3 Å². The molecule has 1 saturated heterocycles. The number of piperidine rings is 1. The van der Waals surface area contributed by atoms with Crippen LogP contribution in [0.25, 0.3) is 0 Å². The van der Waals surface area contributed by atoms with Crippen molar-refractivity contribution < 1.29 is 14.3 Å². The molecule has 0 radical (unpaired) electrons. The number of thiazole rings is 1. The summed E-state index contributed by atoms with van der Waals surface area (Å²) in [6.07, 6.45) is 7.41. The van der Waals surface area contributed by atoms with Crippen molar-refractivity contribution in [1.29, 1.82) is 0 Å². The van der Waals surface area contributed by atoms with Crippen LogP contribution in [0.2, 0.25) is 0 Å². The number of esters is 1. The van der Waals surface area contributed by atoms with Crippen LogP contribution < -0.4 is 10.6 Å². The van der Waals surface area contributed by atoms with Crippen LogP contribution in [0.4, 0.5) is 4.79 Å². The van der Waals surface area contributed by atoms with Gasteiger partial charge in [-0.25, -0.2) is 9.78 Å². The third-order valence-electron chi connectivity index (χ3n) is 6.94. The van der Waals surface area contributed by atoms with Gasteiger partial charge >= 0.3 is 12.0 Å². The lowest BCUT2D eigenvalue weighted by Gasteiger charge is -2.34. The summed E-state index contributed by atoms with van der Waals surface area (Å²) in [5, 5.41) is 7.93. The monoisotopic (exact) mass is 462 g/mol. The molecule has 1 saturated carbocycles. The number of hydrogen-bond acceptors (Lipinski definition) is 6. The molecular weight excluding hydrogens is 424 g/mol. The Hall–Kier alpha value is -1.67. The van der Waals surface area contributed by atoms with Crippen LogP contribution in [-0.4, -0.2) is 60.7 Å². The average molecular weight is 463 g/mol. The molecule has 2 fully saturated rings. The van der Waals surface area contributed by atoms with E-state index in [4.69, 9.17) is 9.72 Å². The summed E-state index contributed by atoms with van der Waals surface area (Å²) in [6.45, 7) is 8.24. The van der Waals surface area contributed by atoms with Gasteiger partial charge < -0.3 is 20.3 Å². The molecule has 1 aromatic heterocycles. The summed E-state index contributed by atoms with van der Waals surface area (Å²) < 4.78 is 5.39. The number of rotatable bonds is 5. The molecule has 32 heavy (non-hydrogen) atoms. The van der Waals surface area contributed by atoms with Crippen molar-refractivity contribution in [2.75, 3.05) is 32.8 Å². The van der Waals surface area contributed by atoms with Crippen LogP contribution in [0.1, 0.15) is 73.9 Å². The number of nitrogens with zero attached hydrogens (tertiary/aromatic N) is 2. The predicted octanol–water partition coefficient (Wildman–Crippen LogP) is 3.48. The van der Waals surface area contributed by atoms with Gasteiger partial charge in [-0.3, -0.25) is 4.79 Å². The van der Waals surface area contributed by atoms with Gasteiger partial charge in [0, 0.05) is 49.4 Å². The number of urea groups is 1. The highest BCUT2D eigenvalue weighted by Gasteiger charge is 2.31. The van der Waals surface area contributed by atoms with E-state index in [1.807, 2.05) is 30.1 Å². The maximum atomic E-state index is 12.8. The summed E-state index contributed by atoms with van der Waals surface area (Å²) in [4.78, 5) is 33.4. The van der Waals surface area contributed by atoms with E-state index in [0.717, 1.165) is 77.5 Å². The number of hydrogen-bond donors (Lipinski definition) is 2. The maximum Gasteiger partial charge on any atom is 0.317 e. The van der Waals surface area contributed by atoms with E-state index < -0.39 is 0 Å². The fourth-order valence-corrected chi connectivity index (χ4v) is 6.22. The Morgan fingerprint density at radius 3 is 2.56 bits per heavy atom. The fourth-order valence-electron chi connectivity index (χ4n) is 4.94. The molecule has 3 aliphatic rings. The normalized spacial score (nSPS) is 24.7. The lowest BCUT2D eigenvalue weighted by Crippen LogP contribution is -2.48. The van der Waals surface area contributed by atoms with Gasteiger partial charge in [-0.1, -0.05) is 13.8 Å². The van der Waals surface area contributed by atoms with Crippen molar-refractivity contribution >= 4 is 23.3 Å². The van der Waals surface area contributed by atoms with Gasteiger partial charge in [-0.2, -0.15) is 0 Å². The van der Waals surface area contributed by atoms with Crippen LogP contribution in [0.15, 0.2) is 0 Å². The van der Waals surface area contributed by atoms with E-state index in [0.29, 0.717) is 18.4 Å². The first-order valence-electron chi connectivity index (χ1n) is 12.4. The van der Waals surface area contributed by atoms with E-state index in [9.17, 15) is 9.59 Å². The molecule has 1 aromatic rings. The van der Waals surface area contributed by atoms with Crippen molar-refractivity contribution in [3.63, 3.8) is 0 Å². The highest BCUT2D eigenvalue weighted by molar-refractivity contribution is 7.11. The quantitative estimate of drug-likeness (QED) is 0.655. The molecule has 4 rings (SSSR count). The Bertz CT molecular complexity index is 757. The van der Waals surface area contributed by atoms with Gasteiger partial charge in [-0.05, 0) is 50.9 Å². The molecule has 2 aliphatic heterocycles. The lowest BCUT2D eigenvalue weighted by atomic mass is 9.86. The molecule has 0 bridgehead atoms. The van der Waals surface area contributed by atoms with Crippen molar-refractivity contribution in [3.8, 4) is 0 Å². The molecular formula is C24H38N4O3S. The van der Waals surface area contributed by atoms with E-state index in [1.165, 1.54) is 15.6 Å². The third kappa shape index (κ3) is 6.01. The second kappa shape index (κ2) is 11.0. The SMILES string of the molecule is CC(C)COC(=O)C1CCC(NC(=O)N2CCC(c3nc4c(s3)CCNCC4)CC2)CC1. The topological polar surface area (TPSA) is 83.6 Å². The fraction of sp³-hybridized carbons (Fsp3) is 0.792. The van der Waals surface area contributed by atoms with Crippen molar-refractivity contribution in [3.05, 3.63) is 15.6 Å². The number of amides is 2. The zero-order valence-corrected chi connectivity index (χ0v) is 20.3. The van der Waals surface area contributed by atoms with Gasteiger partial charge in [0.2, 0.25) is 0 Å². The van der Waals surface area contributed by atoms with Crippen molar-refractivity contribution in [2.45, 2.75) is 77.2 Å². The Morgan fingerprint density at radius 2 is 1.84 bits per heavy atom. The summed E-state index contributed by atoms with van der Waals surface area (Å²) in [5.41, 5.74) is 1.29. The van der Waals surface area contributed by atoms with Crippen molar-refractivity contribution in [1.82, 2.24) is 20.5 Å². The number of carbonyl (C=O) groups excluding carboxylic acids is 2. The minimum atomic E-state index is -0.0682. The third-order valence-corrected chi connectivity index (χ3v) is 8.26. The highest BCUT2D eigenvalue weighted by Crippen LogP contribution is 2.34. The Kier molecular flexibility index (Phi) is 8.05. The predicted molar refractivity (Wildman–Crippen MR) is 126 cm³/mol. The first-order valence-corrected chi connectivity index (χ1v) is 13.2. The number of likely N-dealkylation sites (tertiary alicyclic amines) is 1. The van der Waals surface area contributed by atoms with Crippen LogP contribution in [0.3, 0.4) is 0 Å². The maximum absolute atomic E-state index is 12.8. The van der Waals surface area contributed by atoms with Gasteiger partial charge in [0.1, 0.15) is 0 Å². The van der Waals surface area contributed by atoms with Gasteiger partial charge in [-0.15, -0.1) is 11.3 Å². The Balaban J connectivity index is 1.19. The van der Waals surface area contributed by atoms with Crippen molar-refractivity contribution in [2.24, 2.45) is 11.8 Å². The molecule has 1 aliphatic carbocycles. The molecule has 0 unspecified atom stereocenters. The van der Waals surface area contributed by atoms with Gasteiger partial charge in [0.05, 0.1) is 23.2 Å². The van der Waals surface area contributed by atoms with E-state index >= 15 is 0 Å². The summed E-state index contributed by atoms with van der Waals surface area (Å²) >= 11 is 1.89. The average Bonchev–Trinajstić information content (AvgIpc) is 3.08. The van der Waals surface area contributed by atoms with E-state index in [2.05, 4.69) is 10.6 Å². The summed E-state index contributed by atoms with van der Waals surface area (Å²) in [7, 11) is 0. The van der Waals surface area contributed by atoms with Gasteiger partial charge in [0.25, 0.3) is 0 Å². The Morgan fingerprint density at radius 1 is 1.12 bits per heavy atom. The highest BCUT2D eigenvalue weighted by atomic mass is 32.1. The minimum absolute atomic E-state index is 0.0122. The van der Waals surface area contributed by atoms with E-state index in [1.54, 1.807) is 0 Å².